The van der Waals surface area contributed by atoms with Gasteiger partial charge in [0.1, 0.15) is 0 Å². The first-order valence-corrected chi connectivity index (χ1v) is 9.33. The van der Waals surface area contributed by atoms with Crippen LogP contribution in [0.5, 0.6) is 0 Å². The Kier molecular flexibility index (Phi) is 5.60. The SMILES string of the molecule is CCNCc1ccc(Br)c(S(=O)(=O)N2CC=C(C)CC2)c1. The fourth-order valence-corrected chi connectivity index (χ4v) is 4.59. The Bertz CT molecular complexity index is 641. The highest BCUT2D eigenvalue weighted by molar-refractivity contribution is 9.10. The van der Waals surface area contributed by atoms with Gasteiger partial charge in [-0.05, 0) is 53.5 Å². The highest BCUT2D eigenvalue weighted by Crippen LogP contribution is 2.28. The monoisotopic (exact) mass is 372 g/mol. The second-order valence-corrected chi connectivity index (χ2v) is 7.97. The maximum Gasteiger partial charge on any atom is 0.244 e. The van der Waals surface area contributed by atoms with Crippen LogP contribution in [0.2, 0.25) is 0 Å². The van der Waals surface area contributed by atoms with Crippen molar-refractivity contribution in [3.8, 4) is 0 Å². The van der Waals surface area contributed by atoms with Gasteiger partial charge in [0.05, 0.1) is 4.90 Å². The quantitative estimate of drug-likeness (QED) is 0.808. The molecule has 0 unspecified atom stereocenters. The molecule has 0 saturated heterocycles. The summed E-state index contributed by atoms with van der Waals surface area (Å²) in [6.07, 6.45) is 2.78. The van der Waals surface area contributed by atoms with Crippen LogP contribution in [0.3, 0.4) is 0 Å². The molecule has 0 radical (unpaired) electrons. The molecule has 0 aliphatic carbocycles. The number of halogens is 1. The van der Waals surface area contributed by atoms with Crippen molar-refractivity contribution < 1.29 is 8.42 Å². The van der Waals surface area contributed by atoms with E-state index in [4.69, 9.17) is 0 Å². The van der Waals surface area contributed by atoms with Gasteiger partial charge >= 0.3 is 0 Å². The normalized spacial score (nSPS) is 16.8. The first kappa shape index (κ1) is 16.7. The van der Waals surface area contributed by atoms with Crippen LogP contribution >= 0.6 is 15.9 Å². The lowest BCUT2D eigenvalue weighted by Crippen LogP contribution is -2.35. The lowest BCUT2D eigenvalue weighted by atomic mass is 10.1. The molecule has 21 heavy (non-hydrogen) atoms. The molecule has 2 rings (SSSR count). The molecule has 4 nitrogen and oxygen atoms in total. The van der Waals surface area contributed by atoms with Gasteiger partial charge in [-0.2, -0.15) is 4.31 Å². The van der Waals surface area contributed by atoms with Crippen LogP contribution in [0.25, 0.3) is 0 Å². The van der Waals surface area contributed by atoms with Gasteiger partial charge in [0.2, 0.25) is 10.0 Å². The van der Waals surface area contributed by atoms with Gasteiger partial charge in [0.25, 0.3) is 0 Å². The zero-order chi connectivity index (χ0) is 15.5. The summed E-state index contributed by atoms with van der Waals surface area (Å²) in [4.78, 5) is 0.353. The van der Waals surface area contributed by atoms with Crippen LogP contribution in [-0.4, -0.2) is 32.4 Å². The van der Waals surface area contributed by atoms with Crippen LogP contribution in [0.15, 0.2) is 39.2 Å². The number of hydrogen-bond donors (Lipinski definition) is 1. The van der Waals surface area contributed by atoms with E-state index in [9.17, 15) is 8.42 Å². The van der Waals surface area contributed by atoms with Gasteiger partial charge in [-0.15, -0.1) is 0 Å². The van der Waals surface area contributed by atoms with Crippen molar-refractivity contribution in [2.45, 2.75) is 31.7 Å². The molecular weight excluding hydrogens is 352 g/mol. The Morgan fingerprint density at radius 3 is 2.76 bits per heavy atom. The largest absolute Gasteiger partial charge is 0.313 e. The molecule has 1 aromatic rings. The Hall–Kier alpha value is -0.690. The van der Waals surface area contributed by atoms with Crippen molar-refractivity contribution in [3.63, 3.8) is 0 Å². The van der Waals surface area contributed by atoms with E-state index in [0.29, 0.717) is 29.0 Å². The molecule has 0 spiro atoms. The summed E-state index contributed by atoms with van der Waals surface area (Å²) in [5.41, 5.74) is 2.23. The van der Waals surface area contributed by atoms with E-state index in [2.05, 4.69) is 21.2 Å². The van der Waals surface area contributed by atoms with E-state index in [0.717, 1.165) is 18.5 Å². The molecule has 0 saturated carbocycles. The Labute approximate surface area is 135 Å². The smallest absolute Gasteiger partial charge is 0.244 e. The molecule has 0 bridgehead atoms. The molecule has 6 heteroatoms. The second kappa shape index (κ2) is 7.05. The average molecular weight is 373 g/mol. The van der Waals surface area contributed by atoms with Crippen LogP contribution in [0, 0.1) is 0 Å². The third kappa shape index (κ3) is 3.94. The van der Waals surface area contributed by atoms with E-state index < -0.39 is 10.0 Å². The van der Waals surface area contributed by atoms with Crippen molar-refractivity contribution in [1.29, 1.82) is 0 Å². The number of sulfonamides is 1. The summed E-state index contributed by atoms with van der Waals surface area (Å²) in [6.45, 7) is 6.60. The number of hydrogen-bond acceptors (Lipinski definition) is 3. The van der Waals surface area contributed by atoms with E-state index in [1.165, 1.54) is 9.88 Å². The Morgan fingerprint density at radius 2 is 2.14 bits per heavy atom. The third-order valence-corrected chi connectivity index (χ3v) is 6.45. The summed E-state index contributed by atoms with van der Waals surface area (Å²) in [5, 5.41) is 3.21. The number of rotatable bonds is 5. The molecule has 1 N–H and O–H groups in total. The summed E-state index contributed by atoms with van der Waals surface area (Å²) in [6, 6.07) is 5.50. The standard InChI is InChI=1S/C15H21BrN2O2S/c1-3-17-11-13-4-5-14(16)15(10-13)21(19,20)18-8-6-12(2)7-9-18/h4-6,10,17H,3,7-9,11H2,1-2H3. The Morgan fingerprint density at radius 1 is 1.38 bits per heavy atom. The molecule has 1 aliphatic rings. The third-order valence-electron chi connectivity index (χ3n) is 3.59. The number of nitrogens with one attached hydrogen (secondary N) is 1. The molecule has 0 fully saturated rings. The topological polar surface area (TPSA) is 49.4 Å². The van der Waals surface area contributed by atoms with Crippen LogP contribution < -0.4 is 5.32 Å². The molecule has 116 valence electrons. The first-order valence-electron chi connectivity index (χ1n) is 7.10. The highest BCUT2D eigenvalue weighted by Gasteiger charge is 2.27. The van der Waals surface area contributed by atoms with Crippen molar-refractivity contribution in [2.75, 3.05) is 19.6 Å². The second-order valence-electron chi connectivity index (χ2n) is 5.21. The van der Waals surface area contributed by atoms with E-state index >= 15 is 0 Å². The van der Waals surface area contributed by atoms with Gasteiger partial charge in [0.15, 0.2) is 0 Å². The summed E-state index contributed by atoms with van der Waals surface area (Å²) < 4.78 is 27.7. The first-order chi connectivity index (χ1) is 9.95. The van der Waals surface area contributed by atoms with Crippen LogP contribution in [0.1, 0.15) is 25.8 Å². The number of benzene rings is 1. The highest BCUT2D eigenvalue weighted by atomic mass is 79.9. The van der Waals surface area contributed by atoms with Crippen LogP contribution in [-0.2, 0) is 16.6 Å². The minimum atomic E-state index is -3.45. The molecule has 1 heterocycles. The van der Waals surface area contributed by atoms with E-state index in [1.807, 2.05) is 32.1 Å². The summed E-state index contributed by atoms with van der Waals surface area (Å²) in [7, 11) is -3.45. The van der Waals surface area contributed by atoms with Gasteiger partial charge in [0, 0.05) is 24.1 Å². The number of nitrogens with zero attached hydrogens (tertiary/aromatic N) is 1. The van der Waals surface area contributed by atoms with E-state index in [-0.39, 0.29) is 0 Å². The van der Waals surface area contributed by atoms with Gasteiger partial charge in [-0.1, -0.05) is 24.6 Å². The maximum atomic E-state index is 12.8. The van der Waals surface area contributed by atoms with Gasteiger partial charge in [-0.25, -0.2) is 8.42 Å². The van der Waals surface area contributed by atoms with Crippen molar-refractivity contribution in [2.24, 2.45) is 0 Å². The summed E-state index contributed by atoms with van der Waals surface area (Å²) >= 11 is 3.37. The lowest BCUT2D eigenvalue weighted by molar-refractivity contribution is 0.431. The van der Waals surface area contributed by atoms with Gasteiger partial charge in [-0.3, -0.25) is 0 Å². The molecular formula is C15H21BrN2O2S. The fraction of sp³-hybridized carbons (Fsp3) is 0.467. The van der Waals surface area contributed by atoms with Crippen molar-refractivity contribution >= 4 is 26.0 Å². The van der Waals surface area contributed by atoms with Crippen LogP contribution in [0.4, 0.5) is 0 Å². The molecule has 0 aromatic heterocycles. The average Bonchev–Trinajstić information content (AvgIpc) is 2.46. The summed E-state index contributed by atoms with van der Waals surface area (Å²) in [5.74, 6) is 0. The van der Waals surface area contributed by atoms with Gasteiger partial charge < -0.3 is 5.32 Å². The predicted molar refractivity (Wildman–Crippen MR) is 88.7 cm³/mol. The van der Waals surface area contributed by atoms with Crippen molar-refractivity contribution in [3.05, 3.63) is 39.9 Å². The minimum Gasteiger partial charge on any atom is -0.313 e. The maximum absolute atomic E-state index is 12.8. The molecule has 1 aromatic carbocycles. The predicted octanol–water partition coefficient (Wildman–Crippen LogP) is 2.90. The lowest BCUT2D eigenvalue weighted by Gasteiger charge is -2.25. The molecule has 1 aliphatic heterocycles. The zero-order valence-corrected chi connectivity index (χ0v) is 14.8. The Balaban J connectivity index is 2.31. The molecule has 0 amide bonds. The fourth-order valence-electron chi connectivity index (χ4n) is 2.23. The van der Waals surface area contributed by atoms with E-state index in [1.54, 1.807) is 6.07 Å². The molecule has 0 atom stereocenters. The van der Waals surface area contributed by atoms with Crippen molar-refractivity contribution in [1.82, 2.24) is 9.62 Å². The zero-order valence-electron chi connectivity index (χ0n) is 12.4. The minimum absolute atomic E-state index is 0.353.